The summed E-state index contributed by atoms with van der Waals surface area (Å²) in [4.78, 5) is 25.1. The van der Waals surface area contributed by atoms with E-state index in [1.165, 1.54) is 11.8 Å². The molecular weight excluding hydrogens is 502 g/mol. The van der Waals surface area contributed by atoms with Gasteiger partial charge in [0.15, 0.2) is 11.0 Å². The highest BCUT2D eigenvalue weighted by molar-refractivity contribution is 9.10. The zero-order chi connectivity index (χ0) is 24.0. The smallest absolute Gasteiger partial charge is 0.251 e. The minimum Gasteiger partial charge on any atom is -0.342 e. The van der Waals surface area contributed by atoms with E-state index in [1.807, 2.05) is 54.8 Å². The maximum absolute atomic E-state index is 12.6. The second-order valence-electron chi connectivity index (χ2n) is 7.87. The Kier molecular flexibility index (Phi) is 8.68. The number of benzene rings is 2. The second-order valence-corrected chi connectivity index (χ2v) is 9.73. The van der Waals surface area contributed by atoms with Gasteiger partial charge in [-0.3, -0.25) is 9.59 Å². The van der Waals surface area contributed by atoms with Crippen LogP contribution in [0, 0.1) is 0 Å². The number of carbonyl (C=O) groups is 2. The Hall–Kier alpha value is -2.65. The van der Waals surface area contributed by atoms with Crippen molar-refractivity contribution in [1.29, 1.82) is 0 Å². The highest BCUT2D eigenvalue weighted by Crippen LogP contribution is 2.28. The number of amides is 2. The van der Waals surface area contributed by atoms with Crippen molar-refractivity contribution in [3.63, 3.8) is 0 Å². The Morgan fingerprint density at radius 3 is 2.48 bits per heavy atom. The molecule has 3 rings (SSSR count). The fourth-order valence-electron chi connectivity index (χ4n) is 3.40. The largest absolute Gasteiger partial charge is 0.342 e. The standard InChI is InChI=1S/C24H28BrN5O2S/c1-5-30-22(16(4)26-23(32)17-9-7-6-8-10-17)28-29-24(30)33-14-21(31)27-20-12-11-18(25)13-19(20)15(2)3/h6-13,15-16H,5,14H2,1-4H3,(H,26,32)(H,27,31)/t16-/m0/s1. The van der Waals surface area contributed by atoms with Gasteiger partial charge in [-0.1, -0.05) is 59.7 Å². The Labute approximate surface area is 206 Å². The quantitative estimate of drug-likeness (QED) is 0.362. The topological polar surface area (TPSA) is 88.9 Å². The van der Waals surface area contributed by atoms with Gasteiger partial charge >= 0.3 is 0 Å². The monoisotopic (exact) mass is 529 g/mol. The van der Waals surface area contributed by atoms with Crippen LogP contribution in [-0.4, -0.2) is 32.3 Å². The molecule has 0 saturated heterocycles. The first-order valence-corrected chi connectivity index (χ1v) is 12.6. The van der Waals surface area contributed by atoms with Crippen LogP contribution in [0.15, 0.2) is 58.2 Å². The van der Waals surface area contributed by atoms with E-state index in [9.17, 15) is 9.59 Å². The minimum absolute atomic E-state index is 0.109. The summed E-state index contributed by atoms with van der Waals surface area (Å²) in [6, 6.07) is 14.6. The number of nitrogens with zero attached hydrogens (tertiary/aromatic N) is 3. The molecule has 0 aliphatic heterocycles. The number of thioether (sulfide) groups is 1. The van der Waals surface area contributed by atoms with E-state index >= 15 is 0 Å². The predicted molar refractivity (Wildman–Crippen MR) is 136 cm³/mol. The molecule has 1 aromatic heterocycles. The summed E-state index contributed by atoms with van der Waals surface area (Å²) in [6.45, 7) is 8.67. The molecule has 2 aromatic carbocycles. The second kappa shape index (κ2) is 11.5. The van der Waals surface area contributed by atoms with Crippen LogP contribution in [0.3, 0.4) is 0 Å². The van der Waals surface area contributed by atoms with Gasteiger partial charge in [0.25, 0.3) is 5.91 Å². The number of hydrogen-bond acceptors (Lipinski definition) is 5. The van der Waals surface area contributed by atoms with E-state index in [1.54, 1.807) is 12.1 Å². The molecule has 0 saturated carbocycles. The molecule has 0 bridgehead atoms. The Balaban J connectivity index is 1.64. The van der Waals surface area contributed by atoms with Crippen molar-refractivity contribution >= 4 is 45.2 Å². The summed E-state index contributed by atoms with van der Waals surface area (Å²) >= 11 is 4.81. The fourth-order valence-corrected chi connectivity index (χ4v) is 4.59. The third kappa shape index (κ3) is 6.45. The molecule has 7 nitrogen and oxygen atoms in total. The summed E-state index contributed by atoms with van der Waals surface area (Å²) in [6.07, 6.45) is 0. The molecule has 0 aliphatic rings. The van der Waals surface area contributed by atoms with E-state index in [2.05, 4.69) is 50.6 Å². The van der Waals surface area contributed by atoms with Gasteiger partial charge in [-0.2, -0.15) is 0 Å². The van der Waals surface area contributed by atoms with Crippen molar-refractivity contribution < 1.29 is 9.59 Å². The zero-order valence-corrected chi connectivity index (χ0v) is 21.5. The third-order valence-corrected chi connectivity index (χ3v) is 6.53. The molecular formula is C24H28BrN5O2S. The lowest BCUT2D eigenvalue weighted by molar-refractivity contribution is -0.113. The molecule has 0 radical (unpaired) electrons. The van der Waals surface area contributed by atoms with E-state index in [0.29, 0.717) is 23.1 Å². The molecule has 1 heterocycles. The van der Waals surface area contributed by atoms with Crippen LogP contribution in [0.1, 0.15) is 61.4 Å². The number of hydrogen-bond donors (Lipinski definition) is 2. The van der Waals surface area contributed by atoms with Crippen molar-refractivity contribution in [2.24, 2.45) is 0 Å². The molecule has 3 aromatic rings. The molecule has 33 heavy (non-hydrogen) atoms. The van der Waals surface area contributed by atoms with Crippen LogP contribution in [0.2, 0.25) is 0 Å². The zero-order valence-electron chi connectivity index (χ0n) is 19.1. The lowest BCUT2D eigenvalue weighted by Crippen LogP contribution is -2.28. The van der Waals surface area contributed by atoms with Crippen LogP contribution in [0.4, 0.5) is 5.69 Å². The highest BCUT2D eigenvalue weighted by atomic mass is 79.9. The van der Waals surface area contributed by atoms with Gasteiger partial charge in [0, 0.05) is 22.3 Å². The normalized spacial score (nSPS) is 11.9. The van der Waals surface area contributed by atoms with Gasteiger partial charge in [0.2, 0.25) is 5.91 Å². The van der Waals surface area contributed by atoms with Gasteiger partial charge in [-0.05, 0) is 55.7 Å². The number of nitrogens with one attached hydrogen (secondary N) is 2. The van der Waals surface area contributed by atoms with Crippen LogP contribution in [-0.2, 0) is 11.3 Å². The average Bonchev–Trinajstić information content (AvgIpc) is 3.22. The third-order valence-electron chi connectivity index (χ3n) is 5.07. The summed E-state index contributed by atoms with van der Waals surface area (Å²) in [5, 5.41) is 15.2. The number of carbonyl (C=O) groups excluding carboxylic acids is 2. The van der Waals surface area contributed by atoms with Gasteiger partial charge < -0.3 is 15.2 Å². The first-order valence-electron chi connectivity index (χ1n) is 10.8. The maximum atomic E-state index is 12.6. The van der Waals surface area contributed by atoms with Crippen molar-refractivity contribution in [2.75, 3.05) is 11.1 Å². The van der Waals surface area contributed by atoms with E-state index in [4.69, 9.17) is 0 Å². The van der Waals surface area contributed by atoms with Crippen molar-refractivity contribution in [2.45, 2.75) is 51.4 Å². The molecule has 0 spiro atoms. The van der Waals surface area contributed by atoms with Crippen LogP contribution in [0.25, 0.3) is 0 Å². The fraction of sp³-hybridized carbons (Fsp3) is 0.333. The number of aromatic nitrogens is 3. The summed E-state index contributed by atoms with van der Waals surface area (Å²) in [5.74, 6) is 0.861. The molecule has 0 fully saturated rings. The first-order chi connectivity index (χ1) is 15.8. The highest BCUT2D eigenvalue weighted by Gasteiger charge is 2.20. The predicted octanol–water partition coefficient (Wildman–Crippen LogP) is 5.41. The van der Waals surface area contributed by atoms with Crippen LogP contribution in [0.5, 0.6) is 0 Å². The number of anilines is 1. The number of halogens is 1. The molecule has 1 atom stereocenters. The van der Waals surface area contributed by atoms with Gasteiger partial charge in [-0.25, -0.2) is 0 Å². The lowest BCUT2D eigenvalue weighted by Gasteiger charge is -2.15. The van der Waals surface area contributed by atoms with E-state index in [0.717, 1.165) is 15.7 Å². The van der Waals surface area contributed by atoms with Crippen molar-refractivity contribution in [3.05, 3.63) is 70.0 Å². The maximum Gasteiger partial charge on any atom is 0.251 e. The Morgan fingerprint density at radius 2 is 1.82 bits per heavy atom. The van der Waals surface area contributed by atoms with Gasteiger partial charge in [0.05, 0.1) is 11.8 Å². The first kappa shape index (κ1) is 25.0. The lowest BCUT2D eigenvalue weighted by atomic mass is 10.0. The summed E-state index contributed by atoms with van der Waals surface area (Å²) < 4.78 is 2.91. The molecule has 174 valence electrons. The van der Waals surface area contributed by atoms with Gasteiger partial charge in [0.1, 0.15) is 0 Å². The SMILES string of the molecule is CCn1c(SCC(=O)Nc2ccc(Br)cc2C(C)C)nnc1[C@H](C)NC(=O)c1ccccc1. The average molecular weight is 530 g/mol. The summed E-state index contributed by atoms with van der Waals surface area (Å²) in [7, 11) is 0. The van der Waals surface area contributed by atoms with Gasteiger partial charge in [-0.15, -0.1) is 10.2 Å². The minimum atomic E-state index is -0.329. The molecule has 2 N–H and O–H groups in total. The molecule has 0 aliphatic carbocycles. The Bertz CT molecular complexity index is 1120. The Morgan fingerprint density at radius 1 is 1.09 bits per heavy atom. The van der Waals surface area contributed by atoms with Crippen LogP contribution >= 0.6 is 27.7 Å². The summed E-state index contributed by atoms with van der Waals surface area (Å²) in [5.41, 5.74) is 2.48. The van der Waals surface area contributed by atoms with Crippen LogP contribution < -0.4 is 10.6 Å². The molecule has 0 unspecified atom stereocenters. The van der Waals surface area contributed by atoms with E-state index < -0.39 is 0 Å². The molecule has 2 amide bonds. The number of rotatable bonds is 9. The van der Waals surface area contributed by atoms with E-state index in [-0.39, 0.29) is 29.5 Å². The molecule has 9 heteroatoms. The van der Waals surface area contributed by atoms with Crippen molar-refractivity contribution in [1.82, 2.24) is 20.1 Å². The van der Waals surface area contributed by atoms with Crippen molar-refractivity contribution in [3.8, 4) is 0 Å².